The molecule has 0 radical (unpaired) electrons. The van der Waals surface area contributed by atoms with Crippen LogP contribution in [0.25, 0.3) is 33.7 Å². The Labute approximate surface area is 129 Å². The van der Waals surface area contributed by atoms with Crippen LogP contribution < -0.4 is 0 Å². The number of hydrogen-bond acceptors (Lipinski definition) is 1. The molecule has 22 heavy (non-hydrogen) atoms. The number of rotatable bonds is 2. The maximum atomic E-state index is 4.16. The number of nitrogens with zero attached hydrogens (tertiary/aromatic N) is 1. The van der Waals surface area contributed by atoms with Crippen molar-refractivity contribution in [2.45, 2.75) is 0 Å². The van der Waals surface area contributed by atoms with Crippen molar-refractivity contribution in [2.75, 3.05) is 0 Å². The summed E-state index contributed by atoms with van der Waals surface area (Å²) in [5, 5.41) is 5.15. The molecule has 0 saturated heterocycles. The average molecular weight is 281 g/mol. The fourth-order valence-electron chi connectivity index (χ4n) is 2.88. The number of fused-ring (bicyclic) bond motifs is 3. The Morgan fingerprint density at radius 2 is 1.45 bits per heavy atom. The summed E-state index contributed by atoms with van der Waals surface area (Å²) in [6.07, 6.45) is 7.96. The van der Waals surface area contributed by atoms with E-state index < -0.39 is 0 Å². The molecule has 0 saturated carbocycles. The van der Waals surface area contributed by atoms with Gasteiger partial charge in [-0.1, -0.05) is 66.7 Å². The number of aromatic nitrogens is 1. The molecule has 1 aromatic heterocycles. The lowest BCUT2D eigenvalue weighted by Crippen LogP contribution is -1.82. The molecule has 1 heterocycles. The minimum absolute atomic E-state index is 1.11. The Morgan fingerprint density at radius 1 is 0.682 bits per heavy atom. The first-order chi connectivity index (χ1) is 10.9. The van der Waals surface area contributed by atoms with Crippen molar-refractivity contribution in [3.8, 4) is 0 Å². The van der Waals surface area contributed by atoms with E-state index in [1.54, 1.807) is 6.20 Å². The molecule has 0 fully saturated rings. The second-order valence-corrected chi connectivity index (χ2v) is 5.35. The van der Waals surface area contributed by atoms with E-state index in [1.165, 1.54) is 27.1 Å². The molecule has 104 valence electrons. The van der Waals surface area contributed by atoms with Crippen LogP contribution in [0.3, 0.4) is 0 Å². The van der Waals surface area contributed by atoms with Gasteiger partial charge in [0.15, 0.2) is 0 Å². The standard InChI is InChI=1S/C21H15N/c1-2-8-19-17(7-1)14-18(20-9-3-4-10-21(19)20)12-11-16-6-5-13-22-15-16/h1-15H/b12-11+. The molecule has 3 aromatic carbocycles. The number of benzene rings is 3. The highest BCUT2D eigenvalue weighted by Crippen LogP contribution is 2.29. The van der Waals surface area contributed by atoms with Crippen LogP contribution in [0.1, 0.15) is 11.1 Å². The van der Waals surface area contributed by atoms with Gasteiger partial charge in [-0.2, -0.15) is 0 Å². The van der Waals surface area contributed by atoms with Crippen molar-refractivity contribution in [3.05, 3.63) is 90.3 Å². The summed E-state index contributed by atoms with van der Waals surface area (Å²) in [5.74, 6) is 0. The van der Waals surface area contributed by atoms with Gasteiger partial charge in [-0.25, -0.2) is 0 Å². The summed E-state index contributed by atoms with van der Waals surface area (Å²) in [5.41, 5.74) is 2.35. The lowest BCUT2D eigenvalue weighted by molar-refractivity contribution is 1.32. The van der Waals surface area contributed by atoms with Crippen LogP contribution in [0.5, 0.6) is 0 Å². The van der Waals surface area contributed by atoms with E-state index in [0.29, 0.717) is 0 Å². The van der Waals surface area contributed by atoms with Gasteiger partial charge < -0.3 is 0 Å². The highest BCUT2D eigenvalue weighted by Gasteiger charge is 2.03. The van der Waals surface area contributed by atoms with E-state index in [1.807, 2.05) is 12.3 Å². The van der Waals surface area contributed by atoms with Crippen LogP contribution in [0.15, 0.2) is 79.1 Å². The zero-order chi connectivity index (χ0) is 14.8. The zero-order valence-electron chi connectivity index (χ0n) is 12.1. The second kappa shape index (κ2) is 5.45. The lowest BCUT2D eigenvalue weighted by atomic mass is 9.97. The van der Waals surface area contributed by atoms with Crippen molar-refractivity contribution in [3.63, 3.8) is 0 Å². The largest absolute Gasteiger partial charge is 0.264 e. The molecule has 1 heteroatoms. The van der Waals surface area contributed by atoms with E-state index in [9.17, 15) is 0 Å². The molecule has 4 aromatic rings. The van der Waals surface area contributed by atoms with Gasteiger partial charge in [0.1, 0.15) is 0 Å². The van der Waals surface area contributed by atoms with Crippen molar-refractivity contribution in [2.24, 2.45) is 0 Å². The lowest BCUT2D eigenvalue weighted by Gasteiger charge is -2.07. The van der Waals surface area contributed by atoms with E-state index in [2.05, 4.69) is 77.8 Å². The topological polar surface area (TPSA) is 12.9 Å². The third-order valence-electron chi connectivity index (χ3n) is 3.94. The van der Waals surface area contributed by atoms with E-state index in [0.717, 1.165) is 5.56 Å². The van der Waals surface area contributed by atoms with Gasteiger partial charge in [0, 0.05) is 12.4 Å². The van der Waals surface area contributed by atoms with Crippen molar-refractivity contribution in [1.82, 2.24) is 4.98 Å². The molecular weight excluding hydrogens is 266 g/mol. The molecule has 0 atom stereocenters. The molecule has 0 spiro atoms. The van der Waals surface area contributed by atoms with Gasteiger partial charge in [0.05, 0.1) is 0 Å². The van der Waals surface area contributed by atoms with Crippen LogP contribution in [-0.4, -0.2) is 4.98 Å². The van der Waals surface area contributed by atoms with Crippen LogP contribution in [0.4, 0.5) is 0 Å². The predicted octanol–water partition coefficient (Wildman–Crippen LogP) is 5.56. The molecule has 1 nitrogen and oxygen atoms in total. The van der Waals surface area contributed by atoms with Crippen LogP contribution in [-0.2, 0) is 0 Å². The first-order valence-corrected chi connectivity index (χ1v) is 7.40. The van der Waals surface area contributed by atoms with Crippen molar-refractivity contribution >= 4 is 33.7 Å². The van der Waals surface area contributed by atoms with Gasteiger partial charge in [0.25, 0.3) is 0 Å². The van der Waals surface area contributed by atoms with E-state index in [4.69, 9.17) is 0 Å². The predicted molar refractivity (Wildman–Crippen MR) is 94.6 cm³/mol. The molecule has 0 bridgehead atoms. The van der Waals surface area contributed by atoms with Crippen molar-refractivity contribution < 1.29 is 0 Å². The molecule has 4 rings (SSSR count). The quantitative estimate of drug-likeness (QED) is 0.438. The summed E-state index contributed by atoms with van der Waals surface area (Å²) >= 11 is 0. The Kier molecular flexibility index (Phi) is 3.17. The summed E-state index contributed by atoms with van der Waals surface area (Å²) < 4.78 is 0. The summed E-state index contributed by atoms with van der Waals surface area (Å²) in [4.78, 5) is 4.16. The first kappa shape index (κ1) is 12.8. The average Bonchev–Trinajstić information content (AvgIpc) is 2.60. The normalized spacial score (nSPS) is 11.5. The van der Waals surface area contributed by atoms with Crippen LogP contribution >= 0.6 is 0 Å². The smallest absolute Gasteiger partial charge is 0.0340 e. The Balaban J connectivity index is 1.94. The Morgan fingerprint density at radius 3 is 2.27 bits per heavy atom. The Hall–Kier alpha value is -2.93. The maximum Gasteiger partial charge on any atom is 0.0340 e. The number of pyridine rings is 1. The number of hydrogen-bond donors (Lipinski definition) is 0. The van der Waals surface area contributed by atoms with Gasteiger partial charge >= 0.3 is 0 Å². The SMILES string of the molecule is C(=C\c1cc2ccccc2c2ccccc12)/c1cccnc1. The fraction of sp³-hybridized carbons (Fsp3) is 0. The molecule has 0 amide bonds. The molecule has 0 aliphatic carbocycles. The molecule has 0 unspecified atom stereocenters. The minimum Gasteiger partial charge on any atom is -0.264 e. The van der Waals surface area contributed by atoms with E-state index >= 15 is 0 Å². The molecule has 0 aliphatic rings. The second-order valence-electron chi connectivity index (χ2n) is 5.35. The van der Waals surface area contributed by atoms with Gasteiger partial charge in [-0.15, -0.1) is 0 Å². The maximum absolute atomic E-state index is 4.16. The highest BCUT2D eigenvalue weighted by atomic mass is 14.6. The van der Waals surface area contributed by atoms with Gasteiger partial charge in [-0.3, -0.25) is 4.98 Å². The third-order valence-corrected chi connectivity index (χ3v) is 3.94. The van der Waals surface area contributed by atoms with Crippen LogP contribution in [0.2, 0.25) is 0 Å². The summed E-state index contributed by atoms with van der Waals surface area (Å²) in [7, 11) is 0. The molecule has 0 N–H and O–H groups in total. The van der Waals surface area contributed by atoms with Crippen LogP contribution in [0, 0.1) is 0 Å². The summed E-state index contributed by atoms with van der Waals surface area (Å²) in [6, 6.07) is 23.4. The molecule has 0 aliphatic heterocycles. The first-order valence-electron chi connectivity index (χ1n) is 7.40. The monoisotopic (exact) mass is 281 g/mol. The zero-order valence-corrected chi connectivity index (χ0v) is 12.1. The molecular formula is C21H15N. The summed E-state index contributed by atoms with van der Waals surface area (Å²) in [6.45, 7) is 0. The van der Waals surface area contributed by atoms with Gasteiger partial charge in [0.2, 0.25) is 0 Å². The van der Waals surface area contributed by atoms with Crippen molar-refractivity contribution in [1.29, 1.82) is 0 Å². The highest BCUT2D eigenvalue weighted by molar-refractivity contribution is 6.11. The Bertz CT molecular complexity index is 969. The minimum atomic E-state index is 1.11. The fourth-order valence-corrected chi connectivity index (χ4v) is 2.88. The van der Waals surface area contributed by atoms with Gasteiger partial charge in [-0.05, 0) is 44.8 Å². The van der Waals surface area contributed by atoms with E-state index in [-0.39, 0.29) is 0 Å². The third kappa shape index (κ3) is 2.27.